The summed E-state index contributed by atoms with van der Waals surface area (Å²) >= 11 is 0. The molecule has 2 aromatic rings. The first-order valence-corrected chi connectivity index (χ1v) is 39.7. The summed E-state index contributed by atoms with van der Waals surface area (Å²) in [7, 11) is -4.88. The average Bonchev–Trinajstić information content (AvgIpc) is 1.31. The fourth-order valence-corrected chi connectivity index (χ4v) is 19.8. The molecular weight excluding hydrogens is 1240 g/mol. The van der Waals surface area contributed by atoms with Crippen LogP contribution in [0.15, 0.2) is 84.1 Å². The number of likely N-dealkylation sites (tertiary alicyclic amines) is 1. The summed E-state index contributed by atoms with van der Waals surface area (Å²) in [5.41, 5.74) is 9.84. The molecule has 3 aliphatic heterocycles. The number of fused-ring (bicyclic) bond motifs is 7. The maximum Gasteiger partial charge on any atom is 0.697 e. The van der Waals surface area contributed by atoms with Crippen LogP contribution in [-0.2, 0) is 61.9 Å². The Bertz CT molecular complexity index is 3100. The van der Waals surface area contributed by atoms with Gasteiger partial charge in [-0.1, -0.05) is 135 Å². The zero-order chi connectivity index (χ0) is 68.6. The van der Waals surface area contributed by atoms with Gasteiger partial charge in [-0.3, -0.25) is 14.4 Å². The molecule has 17 heteroatoms. The lowest BCUT2D eigenvalue weighted by molar-refractivity contribution is -0.438. The van der Waals surface area contributed by atoms with Gasteiger partial charge in [0.25, 0.3) is 0 Å². The molecule has 3 heterocycles. The Balaban J connectivity index is 0.562. The van der Waals surface area contributed by atoms with E-state index < -0.39 is 28.7 Å². The highest BCUT2D eigenvalue weighted by molar-refractivity contribution is 7.33. The topological polar surface area (TPSA) is 170 Å². The minimum atomic E-state index is -2.49. The van der Waals surface area contributed by atoms with Crippen molar-refractivity contribution in [2.45, 2.75) is 259 Å². The number of carbonyl (C=O) groups is 3. The third-order valence-electron chi connectivity index (χ3n) is 23.8. The average molecular weight is 1370 g/mol. The van der Waals surface area contributed by atoms with Crippen LogP contribution in [0.25, 0.3) is 0 Å². The number of para-hydroxylation sites is 2. The lowest BCUT2D eigenvalue weighted by Crippen LogP contribution is -2.51. The maximum atomic E-state index is 13.3. The first-order valence-electron chi connectivity index (χ1n) is 37.5. The number of β-amino-alcohol motifs (C(OH)–C–C–N with tert-alkyl or cyclic N) is 1. The van der Waals surface area contributed by atoms with E-state index in [4.69, 9.17) is 27.6 Å². The number of aliphatic hydroxyl groups is 1. The molecule has 1 saturated heterocycles. The van der Waals surface area contributed by atoms with E-state index in [2.05, 4.69) is 152 Å². The Morgan fingerprint density at radius 2 is 1.41 bits per heavy atom. The van der Waals surface area contributed by atoms with Gasteiger partial charge in [0, 0.05) is 108 Å². The Labute approximate surface area is 578 Å². The van der Waals surface area contributed by atoms with Gasteiger partial charge in [0.15, 0.2) is 5.71 Å². The highest BCUT2D eigenvalue weighted by atomic mass is 31.1. The fourth-order valence-electron chi connectivity index (χ4n) is 18.6. The number of Topliss-reactive ketones (excluding diaryl/α,β-unsaturated/α-hetero) is 1. The van der Waals surface area contributed by atoms with Crippen molar-refractivity contribution in [3.05, 3.63) is 95.2 Å². The second kappa shape index (κ2) is 35.3. The van der Waals surface area contributed by atoms with E-state index in [1.807, 2.05) is 0 Å². The van der Waals surface area contributed by atoms with E-state index >= 15 is 0 Å². The Morgan fingerprint density at radius 1 is 0.708 bits per heavy atom. The van der Waals surface area contributed by atoms with Crippen LogP contribution in [0.2, 0.25) is 0 Å². The van der Waals surface area contributed by atoms with Crippen molar-refractivity contribution in [1.29, 1.82) is 0 Å². The summed E-state index contributed by atoms with van der Waals surface area (Å²) in [5, 5.41) is 10.4. The van der Waals surface area contributed by atoms with Crippen molar-refractivity contribution >= 4 is 51.3 Å². The molecule has 1 amide bonds. The number of allylic oxidation sites excluding steroid dienone is 5. The van der Waals surface area contributed by atoms with Gasteiger partial charge in [-0.25, -0.2) is 0 Å². The smallest absolute Gasteiger partial charge is 0.462 e. The van der Waals surface area contributed by atoms with Crippen LogP contribution in [0.5, 0.6) is 0 Å². The van der Waals surface area contributed by atoms with E-state index in [0.717, 1.165) is 106 Å². The standard InChI is InChI=1S/C79H120N3O12P2/c1-11-80-70-33-20-18-31-68(70)76(5,6)72(80)35-24-36-73-77(7,8)69-32-19-21-34-71(69)81(73)47-22-14-15-29-61(83)30-25-48-89-51-52-92-95(87)90-49-26-50-91-96(88)93-56-60-54-62(84)55-82(60)74(85)37-16-12-13-17-38-75(86)94-63-43-45-78(9)59(53-63)39-40-64-66-42-41-65(58(4)28-23-27-57(2)3)79(66,10)46-44-67(64)78/h18-21,24,31-36,39,57-58,60,62-67,84H,11-17,22-23,25-30,37-38,40-56H2,1-10H3/q+3/t58-,60-,62+,63-,64?,65+,66?,67?,78-,79+/m0/s1. The second-order valence-corrected chi connectivity index (χ2v) is 33.2. The number of benzene rings is 2. The minimum Gasteiger partial charge on any atom is -0.462 e. The summed E-state index contributed by atoms with van der Waals surface area (Å²) in [5.74, 6) is 4.87. The Kier molecular flexibility index (Phi) is 27.9. The number of unbranched alkanes of at least 4 members (excludes halogenated alkanes) is 5. The Morgan fingerprint density at radius 3 is 2.18 bits per heavy atom. The quantitative estimate of drug-likeness (QED) is 0.0221. The van der Waals surface area contributed by atoms with Gasteiger partial charge in [-0.05, 0) is 168 Å². The summed E-state index contributed by atoms with van der Waals surface area (Å²) < 4.78 is 60.5. The molecule has 0 bridgehead atoms. The molecule has 96 heavy (non-hydrogen) atoms. The number of aliphatic hydroxyl groups excluding tert-OH is 1. The predicted octanol–water partition coefficient (Wildman–Crippen LogP) is 18.3. The van der Waals surface area contributed by atoms with E-state index in [1.54, 1.807) is 10.5 Å². The van der Waals surface area contributed by atoms with Crippen LogP contribution in [0.3, 0.4) is 0 Å². The lowest BCUT2D eigenvalue weighted by Gasteiger charge is -2.58. The highest BCUT2D eigenvalue weighted by Crippen LogP contribution is 2.67. The summed E-state index contributed by atoms with van der Waals surface area (Å²) in [6.45, 7) is 26.7. The van der Waals surface area contributed by atoms with Crippen molar-refractivity contribution in [3.8, 4) is 0 Å². The molecule has 3 saturated carbocycles. The van der Waals surface area contributed by atoms with Crippen LogP contribution >= 0.6 is 16.5 Å². The van der Waals surface area contributed by atoms with Gasteiger partial charge in [0.05, 0.1) is 24.2 Å². The Hall–Kier alpha value is -4.30. The number of rotatable bonds is 39. The zero-order valence-corrected chi connectivity index (χ0v) is 62.1. The molecule has 9 rings (SSSR count). The van der Waals surface area contributed by atoms with Gasteiger partial charge in [-0.2, -0.15) is 4.58 Å². The number of anilines is 1. The highest BCUT2D eigenvalue weighted by Gasteiger charge is 2.59. The third-order valence-corrected chi connectivity index (χ3v) is 25.3. The number of likely N-dealkylation sites (N-methyl/N-ethyl adjacent to an activating group) is 1. The number of carbonyl (C=O) groups excluding carboxylic acids is 3. The molecule has 530 valence electrons. The van der Waals surface area contributed by atoms with Crippen molar-refractivity contribution in [2.75, 3.05) is 64.2 Å². The molecule has 7 aliphatic rings. The molecule has 0 spiro atoms. The second-order valence-electron chi connectivity index (χ2n) is 31.3. The van der Waals surface area contributed by atoms with Crippen LogP contribution in [0, 0.1) is 46.3 Å². The molecule has 15 nitrogen and oxygen atoms in total. The first kappa shape index (κ1) is 75.9. The molecule has 4 aliphatic carbocycles. The molecule has 0 radical (unpaired) electrons. The van der Waals surface area contributed by atoms with Crippen LogP contribution in [-0.4, -0.2) is 115 Å². The number of ketones is 1. The maximum absolute atomic E-state index is 13.3. The first-order chi connectivity index (χ1) is 46.1. The number of amides is 1. The molecule has 5 unspecified atom stereocenters. The zero-order valence-electron chi connectivity index (χ0n) is 60.3. The summed E-state index contributed by atoms with van der Waals surface area (Å²) in [6, 6.07) is 17.0. The SMILES string of the molecule is CCN1C(=CC=CC2=[N+](CCCCCC(=O)CCCOCCO[P+](=O)OCCCO[P+](=O)OC[C@@H]3C[C@@H](O)CN3C(=O)CCCCCCC(=O)O[C@H]3CC[C@@]4(C)C(=CCC5C4CC[C@@]4(C)C5CC[C@@H]4[C@@H](C)CCCC(C)C)C3)c3ccccc3C2(C)C)C(C)(C)c2ccccc21. The van der Waals surface area contributed by atoms with Crippen LogP contribution < -0.4 is 4.90 Å². The molecule has 12 atom stereocenters. The third kappa shape index (κ3) is 18.8. The lowest BCUT2D eigenvalue weighted by atomic mass is 9.47. The monoisotopic (exact) mass is 1360 g/mol. The van der Waals surface area contributed by atoms with E-state index in [-0.39, 0.29) is 79.6 Å². The van der Waals surface area contributed by atoms with Crippen molar-refractivity contribution in [1.82, 2.24) is 4.90 Å². The van der Waals surface area contributed by atoms with E-state index in [1.165, 1.54) is 85.3 Å². The van der Waals surface area contributed by atoms with Crippen LogP contribution in [0.4, 0.5) is 11.4 Å². The summed E-state index contributed by atoms with van der Waals surface area (Å²) in [6.07, 6.45) is 31.1. The van der Waals surface area contributed by atoms with Crippen molar-refractivity contribution in [3.63, 3.8) is 0 Å². The van der Waals surface area contributed by atoms with Gasteiger partial charge in [0.2, 0.25) is 11.6 Å². The normalized spacial score (nSPS) is 27.4. The predicted molar refractivity (Wildman–Crippen MR) is 383 cm³/mol. The summed E-state index contributed by atoms with van der Waals surface area (Å²) in [4.78, 5) is 43.3. The number of nitrogens with zero attached hydrogens (tertiary/aromatic N) is 3. The van der Waals surface area contributed by atoms with Crippen molar-refractivity contribution in [2.24, 2.45) is 46.3 Å². The van der Waals surface area contributed by atoms with Crippen molar-refractivity contribution < 1.29 is 60.8 Å². The van der Waals surface area contributed by atoms with Gasteiger partial charge >= 0.3 is 22.5 Å². The molecule has 4 fully saturated rings. The molecule has 1 N–H and O–H groups in total. The van der Waals surface area contributed by atoms with Crippen LogP contribution in [0.1, 0.15) is 241 Å². The molecule has 0 aromatic heterocycles. The minimum absolute atomic E-state index is 0.0301. The molecule has 2 aromatic carbocycles. The number of hydrogen-bond acceptors (Lipinski definition) is 13. The number of ether oxygens (including phenoxy) is 2. The van der Waals surface area contributed by atoms with Gasteiger partial charge in [0.1, 0.15) is 44.9 Å². The largest absolute Gasteiger partial charge is 0.697 e. The number of hydrogen-bond donors (Lipinski definition) is 1. The fraction of sp³-hybridized carbons (Fsp3) is 0.722. The van der Waals surface area contributed by atoms with E-state index in [9.17, 15) is 28.6 Å². The molecular formula is C79H120N3O12P2+3. The van der Waals surface area contributed by atoms with Gasteiger partial charge < -0.3 is 24.4 Å². The van der Waals surface area contributed by atoms with E-state index in [0.29, 0.717) is 63.4 Å². The van der Waals surface area contributed by atoms with Gasteiger partial charge in [-0.15, -0.1) is 18.1 Å². The number of esters is 1.